The van der Waals surface area contributed by atoms with Crippen molar-refractivity contribution in [1.82, 2.24) is 5.43 Å². The second-order valence-corrected chi connectivity index (χ2v) is 3.83. The first-order valence-electron chi connectivity index (χ1n) is 5.89. The molecule has 0 aliphatic rings. The predicted molar refractivity (Wildman–Crippen MR) is 73.0 cm³/mol. The van der Waals surface area contributed by atoms with Gasteiger partial charge in [-0.05, 0) is 18.2 Å². The Morgan fingerprint density at radius 2 is 2.10 bits per heavy atom. The Morgan fingerprint density at radius 3 is 2.76 bits per heavy atom. The van der Waals surface area contributed by atoms with Gasteiger partial charge < -0.3 is 9.15 Å². The summed E-state index contributed by atoms with van der Waals surface area (Å²) in [5, 5.41) is 14.0. The third-order valence-corrected chi connectivity index (χ3v) is 2.29. The zero-order valence-electron chi connectivity index (χ0n) is 10.8. The standard InChI is InChI=1S/C13H11N3O5/c17-12(9-20-10-4-2-1-3-5-10)15-14-8-11-6-7-13(21-11)16(18)19/h1-8H,9H2,(H,15,17)/b14-8-. The van der Waals surface area contributed by atoms with Gasteiger partial charge in [0.1, 0.15) is 10.7 Å². The lowest BCUT2D eigenvalue weighted by Crippen LogP contribution is -2.24. The molecule has 21 heavy (non-hydrogen) atoms. The zero-order valence-corrected chi connectivity index (χ0v) is 10.8. The largest absolute Gasteiger partial charge is 0.484 e. The van der Waals surface area contributed by atoms with Gasteiger partial charge in [-0.15, -0.1) is 0 Å². The Hall–Kier alpha value is -3.16. The van der Waals surface area contributed by atoms with Crippen LogP contribution in [0.1, 0.15) is 5.76 Å². The van der Waals surface area contributed by atoms with E-state index in [2.05, 4.69) is 10.5 Å². The van der Waals surface area contributed by atoms with Gasteiger partial charge in [0.05, 0.1) is 12.3 Å². The molecule has 0 radical (unpaired) electrons. The highest BCUT2D eigenvalue weighted by Crippen LogP contribution is 2.13. The highest BCUT2D eigenvalue weighted by Gasteiger charge is 2.10. The lowest BCUT2D eigenvalue weighted by Gasteiger charge is -2.03. The lowest BCUT2D eigenvalue weighted by atomic mass is 10.3. The van der Waals surface area contributed by atoms with Gasteiger partial charge in [0.15, 0.2) is 12.4 Å². The monoisotopic (exact) mass is 289 g/mol. The van der Waals surface area contributed by atoms with Gasteiger partial charge in [0.2, 0.25) is 0 Å². The van der Waals surface area contributed by atoms with E-state index in [1.807, 2.05) is 6.07 Å². The van der Waals surface area contributed by atoms with Crippen molar-refractivity contribution >= 4 is 18.0 Å². The molecule has 8 nitrogen and oxygen atoms in total. The molecular weight excluding hydrogens is 278 g/mol. The van der Waals surface area contributed by atoms with Crippen molar-refractivity contribution in [2.45, 2.75) is 0 Å². The van der Waals surface area contributed by atoms with Gasteiger partial charge in [0.25, 0.3) is 5.91 Å². The number of carbonyl (C=O) groups excluding carboxylic acids is 1. The van der Waals surface area contributed by atoms with Gasteiger partial charge in [-0.3, -0.25) is 14.9 Å². The predicted octanol–water partition coefficient (Wildman–Crippen LogP) is 1.72. The summed E-state index contributed by atoms with van der Waals surface area (Å²) in [6.07, 6.45) is 1.16. The van der Waals surface area contributed by atoms with Crippen LogP contribution in [0.2, 0.25) is 0 Å². The van der Waals surface area contributed by atoms with Gasteiger partial charge in [-0.2, -0.15) is 5.10 Å². The molecule has 108 valence electrons. The quantitative estimate of drug-likeness (QED) is 0.495. The molecule has 0 saturated heterocycles. The van der Waals surface area contributed by atoms with Crippen LogP contribution < -0.4 is 10.2 Å². The summed E-state index contributed by atoms with van der Waals surface area (Å²) in [5.74, 6) is -0.129. The minimum Gasteiger partial charge on any atom is -0.484 e. The molecule has 2 rings (SSSR count). The molecular formula is C13H11N3O5. The maximum atomic E-state index is 11.4. The zero-order chi connectivity index (χ0) is 15.1. The smallest absolute Gasteiger partial charge is 0.433 e. The van der Waals surface area contributed by atoms with Crippen LogP contribution in [0.5, 0.6) is 5.75 Å². The number of nitrogens with one attached hydrogen (secondary N) is 1. The van der Waals surface area contributed by atoms with Crippen LogP contribution in [-0.2, 0) is 4.79 Å². The first-order chi connectivity index (χ1) is 10.1. The Morgan fingerprint density at radius 1 is 1.33 bits per heavy atom. The normalized spacial score (nSPS) is 10.5. The average Bonchev–Trinajstić information content (AvgIpc) is 2.95. The Bertz CT molecular complexity index is 651. The number of rotatable bonds is 6. The maximum absolute atomic E-state index is 11.4. The summed E-state index contributed by atoms with van der Waals surface area (Å²) in [6, 6.07) is 11.4. The highest BCUT2D eigenvalue weighted by molar-refractivity contribution is 5.81. The number of nitro groups is 1. The number of amides is 1. The van der Waals surface area contributed by atoms with Crippen LogP contribution in [0.4, 0.5) is 5.88 Å². The Labute approximate surface area is 119 Å². The Kier molecular flexibility index (Phi) is 4.65. The highest BCUT2D eigenvalue weighted by atomic mass is 16.6. The van der Waals surface area contributed by atoms with Gasteiger partial charge in [0, 0.05) is 0 Å². The SMILES string of the molecule is O=C(COc1ccccc1)N/N=C\c1ccc([N+](=O)[O-])o1. The third kappa shape index (κ3) is 4.46. The molecule has 0 unspecified atom stereocenters. The van der Waals surface area contributed by atoms with E-state index in [4.69, 9.17) is 9.15 Å². The molecule has 0 fully saturated rings. The molecule has 2 aromatic rings. The van der Waals surface area contributed by atoms with Crippen molar-refractivity contribution in [3.05, 3.63) is 58.3 Å². The molecule has 0 saturated carbocycles. The fourth-order valence-electron chi connectivity index (χ4n) is 1.38. The summed E-state index contributed by atoms with van der Waals surface area (Å²) in [4.78, 5) is 21.2. The van der Waals surface area contributed by atoms with Crippen LogP contribution >= 0.6 is 0 Å². The van der Waals surface area contributed by atoms with E-state index in [0.717, 1.165) is 6.21 Å². The number of benzene rings is 1. The van der Waals surface area contributed by atoms with Crippen LogP contribution in [-0.4, -0.2) is 23.7 Å². The van der Waals surface area contributed by atoms with Crippen molar-refractivity contribution in [1.29, 1.82) is 0 Å². The second kappa shape index (κ2) is 6.85. The summed E-state index contributed by atoms with van der Waals surface area (Å²) < 4.78 is 10.0. The minimum atomic E-state index is -0.663. The lowest BCUT2D eigenvalue weighted by molar-refractivity contribution is -0.402. The van der Waals surface area contributed by atoms with Crippen molar-refractivity contribution < 1.29 is 18.9 Å². The number of furan rings is 1. The summed E-state index contributed by atoms with van der Waals surface area (Å²) >= 11 is 0. The number of hydrogen-bond acceptors (Lipinski definition) is 6. The molecule has 1 aromatic heterocycles. The van der Waals surface area contributed by atoms with Crippen LogP contribution in [0, 0.1) is 10.1 Å². The van der Waals surface area contributed by atoms with E-state index >= 15 is 0 Å². The maximum Gasteiger partial charge on any atom is 0.433 e. The van der Waals surface area contributed by atoms with E-state index in [9.17, 15) is 14.9 Å². The molecule has 1 amide bonds. The fourth-order valence-corrected chi connectivity index (χ4v) is 1.38. The first-order valence-corrected chi connectivity index (χ1v) is 5.89. The minimum absolute atomic E-state index is 0.158. The number of para-hydroxylation sites is 1. The molecule has 8 heteroatoms. The molecule has 0 aliphatic carbocycles. The van der Waals surface area contributed by atoms with E-state index in [-0.39, 0.29) is 12.4 Å². The molecule has 1 heterocycles. The van der Waals surface area contributed by atoms with Crippen molar-refractivity contribution in [3.8, 4) is 5.75 Å². The number of hydrogen-bond donors (Lipinski definition) is 1. The average molecular weight is 289 g/mol. The van der Waals surface area contributed by atoms with Crippen LogP contribution in [0.15, 0.2) is 52.0 Å². The molecule has 0 bridgehead atoms. The molecule has 1 aromatic carbocycles. The van der Waals surface area contributed by atoms with Gasteiger partial charge >= 0.3 is 5.88 Å². The van der Waals surface area contributed by atoms with E-state index in [1.54, 1.807) is 24.3 Å². The fraction of sp³-hybridized carbons (Fsp3) is 0.0769. The van der Waals surface area contributed by atoms with Crippen LogP contribution in [0.25, 0.3) is 0 Å². The molecule has 0 aliphatic heterocycles. The van der Waals surface area contributed by atoms with Crippen molar-refractivity contribution in [3.63, 3.8) is 0 Å². The molecule has 0 atom stereocenters. The number of hydrazone groups is 1. The summed E-state index contributed by atoms with van der Waals surface area (Å²) in [5.41, 5.74) is 2.22. The van der Waals surface area contributed by atoms with E-state index in [0.29, 0.717) is 5.75 Å². The summed E-state index contributed by atoms with van der Waals surface area (Å²) in [7, 11) is 0. The molecule has 1 N–H and O–H groups in total. The number of ether oxygens (including phenoxy) is 1. The third-order valence-electron chi connectivity index (χ3n) is 2.29. The van der Waals surface area contributed by atoms with Gasteiger partial charge in [-0.1, -0.05) is 18.2 Å². The second-order valence-electron chi connectivity index (χ2n) is 3.83. The van der Waals surface area contributed by atoms with Crippen molar-refractivity contribution in [2.24, 2.45) is 5.10 Å². The Balaban J connectivity index is 1.77. The molecule has 0 spiro atoms. The van der Waals surface area contributed by atoms with E-state index < -0.39 is 16.7 Å². The first kappa shape index (κ1) is 14.3. The topological polar surface area (TPSA) is 107 Å². The number of carbonyl (C=O) groups is 1. The number of nitrogens with zero attached hydrogens (tertiary/aromatic N) is 2. The summed E-state index contributed by atoms with van der Waals surface area (Å²) in [6.45, 7) is -0.195. The van der Waals surface area contributed by atoms with Crippen LogP contribution in [0.3, 0.4) is 0 Å². The van der Waals surface area contributed by atoms with Gasteiger partial charge in [-0.25, -0.2) is 5.43 Å². The van der Waals surface area contributed by atoms with Crippen molar-refractivity contribution in [2.75, 3.05) is 6.61 Å². The van der Waals surface area contributed by atoms with E-state index in [1.165, 1.54) is 12.1 Å².